The van der Waals surface area contributed by atoms with Crippen molar-refractivity contribution in [3.05, 3.63) is 66.5 Å². The van der Waals surface area contributed by atoms with Crippen LogP contribution in [-0.4, -0.2) is 0 Å². The maximum Gasteiger partial charge on any atom is 0 e. The van der Waals surface area contributed by atoms with Crippen LogP contribution in [0.25, 0.3) is 0 Å². The molecular formula is C14H6N2O10Os3. The van der Waals surface area contributed by atoms with E-state index >= 15 is 0 Å². The van der Waals surface area contributed by atoms with E-state index in [9.17, 15) is 0 Å². The first-order chi connectivity index (χ1) is 12.8. The van der Waals surface area contributed by atoms with Gasteiger partial charge in [0.1, 0.15) is 0 Å². The van der Waals surface area contributed by atoms with E-state index in [1.54, 1.807) is 12.1 Å². The van der Waals surface area contributed by atoms with Crippen molar-refractivity contribution >= 4 is 0 Å². The fraction of sp³-hybridized carbons (Fsp3) is 0.143. The van der Waals surface area contributed by atoms with E-state index in [1.165, 1.54) is 13.8 Å². The van der Waals surface area contributed by atoms with Crippen LogP contribution < -0.4 is 0 Å². The monoisotopic (exact) mass is 938 g/mol. The van der Waals surface area contributed by atoms with Gasteiger partial charge in [-0.1, -0.05) is 0 Å². The summed E-state index contributed by atoms with van der Waals surface area (Å²) in [5.41, 5.74) is 0. The van der Waals surface area contributed by atoms with E-state index in [-0.39, 0.29) is 59.4 Å². The van der Waals surface area contributed by atoms with Gasteiger partial charge in [-0.15, -0.1) is 0 Å². The average Bonchev–Trinajstić information content (AvgIpc) is 2.82. The van der Waals surface area contributed by atoms with Crippen molar-refractivity contribution in [2.24, 2.45) is 0 Å². The summed E-state index contributed by atoms with van der Waals surface area (Å²) in [7, 11) is 0. The van der Waals surface area contributed by atoms with Gasteiger partial charge < -0.3 is 0 Å². The molecular weight excluding hydrogens is 927 g/mol. The molecule has 0 spiro atoms. The Kier molecular flexibility index (Phi) is 866000. The molecule has 15 heteroatoms. The van der Waals surface area contributed by atoms with E-state index in [0.717, 1.165) is 0 Å². The fourth-order valence-corrected chi connectivity index (χ4v) is 0. The Hall–Kier alpha value is -1.71. The summed E-state index contributed by atoms with van der Waals surface area (Å²) >= 11 is 0. The van der Waals surface area contributed by atoms with Crippen molar-refractivity contribution in [3.63, 3.8) is 0 Å². The molecule has 0 N–H and O–H groups in total. The largest absolute Gasteiger partial charge is 0 e. The molecule has 0 aliphatic rings. The molecule has 0 amide bonds. The average molecular weight is 933 g/mol. The van der Waals surface area contributed by atoms with Crippen LogP contribution in [-0.2, 0) is 106 Å². The molecule has 0 aromatic rings. The third kappa shape index (κ3) is 5300. The van der Waals surface area contributed by atoms with Crippen LogP contribution in [0.4, 0.5) is 0 Å². The van der Waals surface area contributed by atoms with Crippen LogP contribution in [0, 0.1) is 89.2 Å². The van der Waals surface area contributed by atoms with Gasteiger partial charge in [0.25, 0.3) is 0 Å². The van der Waals surface area contributed by atoms with Gasteiger partial charge in [0, 0.05) is 73.2 Å². The van der Waals surface area contributed by atoms with Crippen molar-refractivity contribution in [1.29, 1.82) is 10.5 Å². The Morgan fingerprint density at radius 3 is 0.345 bits per heavy atom. The minimum absolute atomic E-state index is 0. The smallest absolute Gasteiger partial charge is 0 e. The second-order valence-electron chi connectivity index (χ2n) is 0.447. The van der Waals surface area contributed by atoms with Crippen molar-refractivity contribution in [2.45, 2.75) is 13.8 Å². The molecule has 0 radical (unpaired) electrons. The maximum atomic E-state index is 7.50. The third-order valence-corrected chi connectivity index (χ3v) is 0. The summed E-state index contributed by atoms with van der Waals surface area (Å²) < 4.78 is 75.0. The summed E-state index contributed by atoms with van der Waals surface area (Å²) in [6, 6.07) is 3.50. The van der Waals surface area contributed by atoms with Gasteiger partial charge in [0.2, 0.25) is 0 Å². The van der Waals surface area contributed by atoms with Gasteiger partial charge >= 0.3 is 113 Å². The molecule has 29 heavy (non-hydrogen) atoms. The number of hydrogen-bond donors (Lipinski definition) is 0. The molecule has 0 saturated heterocycles. The molecule has 0 atom stereocenters. The first-order valence-corrected chi connectivity index (χ1v) is 3.49. The van der Waals surface area contributed by atoms with E-state index in [1.807, 2.05) is 0 Å². The number of nitrogens with zero attached hydrogens (tertiary/aromatic N) is 2. The van der Waals surface area contributed by atoms with Gasteiger partial charge in [-0.3, -0.25) is 0 Å². The van der Waals surface area contributed by atoms with Gasteiger partial charge in [0.15, 0.2) is 0 Å². The zero-order chi connectivity index (χ0) is 25.4. The van der Waals surface area contributed by atoms with Crippen molar-refractivity contribution in [3.8, 4) is 12.1 Å². The molecule has 0 aliphatic heterocycles. The molecule has 0 aromatic carbocycles. The molecule has 12 nitrogen and oxygen atoms in total. The minimum atomic E-state index is 0. The van der Waals surface area contributed by atoms with E-state index in [0.29, 0.717) is 0 Å². The Bertz CT molecular complexity index is 322. The fourth-order valence-electron chi connectivity index (χ4n) is 0. The summed E-state index contributed by atoms with van der Waals surface area (Å²) in [6.45, 7) is 47.9. The van der Waals surface area contributed by atoms with Crippen molar-refractivity contribution in [2.75, 3.05) is 0 Å². The zero-order valence-corrected chi connectivity index (χ0v) is 21.7. The molecule has 0 unspecified atom stereocenters. The zero-order valence-electron chi connectivity index (χ0n) is 14.0. The number of nitriles is 2. The van der Waals surface area contributed by atoms with E-state index in [4.69, 9.17) is 57.0 Å². The van der Waals surface area contributed by atoms with Gasteiger partial charge in [0.05, 0.1) is 12.1 Å². The minimum Gasteiger partial charge on any atom is 0 e. The molecule has 0 aromatic heterocycles. The second-order valence-corrected chi connectivity index (χ2v) is 0.447. The van der Waals surface area contributed by atoms with Crippen LogP contribution in [0.15, 0.2) is 0 Å². The maximum absolute atomic E-state index is 7.50. The first-order valence-electron chi connectivity index (χ1n) is 3.49. The van der Waals surface area contributed by atoms with Crippen LogP contribution in [0.3, 0.4) is 0 Å². The molecule has 0 aliphatic carbocycles. The van der Waals surface area contributed by atoms with Crippen LogP contribution >= 0.6 is 0 Å². The second kappa shape index (κ2) is 201000. The molecule has 0 saturated carbocycles. The molecule has 0 bridgehead atoms. The normalized spacial score (nSPS) is 1.24. The standard InChI is InChI=1S/2C2H3N.10CO.3Os/c2*1-2-3;10*1-2;;;/h2*1H3;;;;;;;;;;;;;. The Morgan fingerprint density at radius 2 is 0.345 bits per heavy atom. The first kappa shape index (κ1) is 125. The van der Waals surface area contributed by atoms with Crippen molar-refractivity contribution in [1.82, 2.24) is 0 Å². The summed E-state index contributed by atoms with van der Waals surface area (Å²) in [4.78, 5) is 0. The van der Waals surface area contributed by atoms with E-state index in [2.05, 4.69) is 66.5 Å². The van der Waals surface area contributed by atoms with Crippen molar-refractivity contribution < 1.29 is 106 Å². The Labute approximate surface area is 208 Å². The summed E-state index contributed by atoms with van der Waals surface area (Å²) in [5, 5.41) is 14.6. The SMILES string of the molecule is CC#N.CC#N.[C-]#[O+].[C-]#[O+].[C-]#[O+].[C-]#[O+].[C-]#[O+].[C-]#[O+].[C-]#[O+].[C-]#[O+].[C-]#[O+].[C-]#[O+].[Os].[Os].[Os]. The van der Waals surface area contributed by atoms with Gasteiger partial charge in [-0.2, -0.15) is 10.5 Å². The van der Waals surface area contributed by atoms with E-state index < -0.39 is 0 Å². The van der Waals surface area contributed by atoms with Gasteiger partial charge in [-0.25, -0.2) is 0 Å². The Morgan fingerprint density at radius 1 is 0.345 bits per heavy atom. The predicted octanol–water partition coefficient (Wildman–Crippen LogP) is 0.677. The van der Waals surface area contributed by atoms with Crippen LogP contribution in [0.5, 0.6) is 0 Å². The number of rotatable bonds is 0. The third-order valence-electron chi connectivity index (χ3n) is 0. The number of hydrogen-bond acceptors (Lipinski definition) is 2. The van der Waals surface area contributed by atoms with Crippen LogP contribution in [0.1, 0.15) is 13.8 Å². The summed E-state index contributed by atoms with van der Waals surface area (Å²) in [5.74, 6) is 0. The molecule has 0 fully saturated rings. The molecule has 0 heterocycles. The molecule has 0 rings (SSSR count). The molecule has 156 valence electrons. The predicted molar refractivity (Wildman–Crippen MR) is 61.9 cm³/mol. The topological polar surface area (TPSA) is 247 Å². The summed E-state index contributed by atoms with van der Waals surface area (Å²) in [6.07, 6.45) is 0. The quantitative estimate of drug-likeness (QED) is 0.251. The van der Waals surface area contributed by atoms with Crippen LogP contribution in [0.2, 0.25) is 0 Å². The van der Waals surface area contributed by atoms with Gasteiger partial charge in [-0.05, 0) is 0 Å². The Balaban J connectivity index is -0.00000000565.